The molecule has 0 aliphatic rings. The molecule has 2 N–H and O–H groups in total. The quantitative estimate of drug-likeness (QED) is 0.678. The van der Waals surface area contributed by atoms with Gasteiger partial charge in [-0.1, -0.05) is 13.8 Å². The van der Waals surface area contributed by atoms with E-state index in [1.807, 2.05) is 13.8 Å². The molecule has 0 spiro atoms. The first kappa shape index (κ1) is 12.9. The summed E-state index contributed by atoms with van der Waals surface area (Å²) in [6.45, 7) is 2.83. The Balaban J connectivity index is 3.85. The number of hydrogen-bond donors (Lipinski definition) is 2. The van der Waals surface area contributed by atoms with E-state index in [0.717, 1.165) is 0 Å². The van der Waals surface area contributed by atoms with Crippen LogP contribution in [0.3, 0.4) is 0 Å². The number of carbonyl (C=O) groups excluding carboxylic acids is 1. The maximum atomic E-state index is 12.1. The van der Waals surface area contributed by atoms with Gasteiger partial charge in [-0.15, -0.1) is 0 Å². The second-order valence-electron chi connectivity index (χ2n) is 3.55. The van der Waals surface area contributed by atoms with Crippen LogP contribution in [0.1, 0.15) is 26.7 Å². The molecule has 0 fully saturated rings. The minimum absolute atomic E-state index is 0.238. The van der Waals surface area contributed by atoms with Crippen LogP contribution in [0.25, 0.3) is 0 Å². The third-order valence-electron chi connectivity index (χ3n) is 1.74. The fourth-order valence-corrected chi connectivity index (χ4v) is 0.853. The summed E-state index contributed by atoms with van der Waals surface area (Å²) in [5.41, 5.74) is 0. The minimum Gasteiger partial charge on any atom is -0.480 e. The Kier molecular flexibility index (Phi) is 5.83. The van der Waals surface area contributed by atoms with Crippen molar-refractivity contribution in [2.24, 2.45) is 5.92 Å². The number of hydrogen-bond acceptors (Lipinski definition) is 2. The summed E-state index contributed by atoms with van der Waals surface area (Å²) >= 11 is 0. The van der Waals surface area contributed by atoms with E-state index in [0.29, 0.717) is 12.3 Å². The van der Waals surface area contributed by atoms with Gasteiger partial charge in [-0.25, -0.2) is 9.18 Å². The van der Waals surface area contributed by atoms with Gasteiger partial charge in [0, 0.05) is 6.42 Å². The fourth-order valence-electron chi connectivity index (χ4n) is 0.853. The van der Waals surface area contributed by atoms with Gasteiger partial charge in [-0.3, -0.25) is 4.79 Å². The molecule has 4 nitrogen and oxygen atoms in total. The number of alkyl halides is 1. The molecule has 1 atom stereocenters. The largest absolute Gasteiger partial charge is 0.480 e. The van der Waals surface area contributed by atoms with E-state index in [2.05, 4.69) is 5.32 Å². The molecule has 14 heavy (non-hydrogen) atoms. The smallest absolute Gasteiger partial charge is 0.328 e. The van der Waals surface area contributed by atoms with Gasteiger partial charge in [0.05, 0.1) is 0 Å². The summed E-state index contributed by atoms with van der Waals surface area (Å²) in [5.74, 6) is -1.39. The molecule has 1 amide bonds. The normalized spacial score (nSPS) is 12.6. The minimum atomic E-state index is -1.41. The van der Waals surface area contributed by atoms with E-state index in [1.54, 1.807) is 0 Å². The molecule has 0 heterocycles. The molecule has 5 heteroatoms. The molecule has 0 rings (SSSR count). The van der Waals surface area contributed by atoms with Crippen LogP contribution in [-0.2, 0) is 9.59 Å². The predicted octanol–water partition coefficient (Wildman–Crippen LogP) is 0.962. The highest BCUT2D eigenvalue weighted by atomic mass is 19.1. The second-order valence-corrected chi connectivity index (χ2v) is 3.55. The number of carboxylic acids is 1. The zero-order valence-electron chi connectivity index (χ0n) is 8.42. The Bertz CT molecular complexity index is 206. The van der Waals surface area contributed by atoms with Crippen molar-refractivity contribution in [3.63, 3.8) is 0 Å². The van der Waals surface area contributed by atoms with Gasteiger partial charge in [-0.05, 0) is 12.3 Å². The van der Waals surface area contributed by atoms with Crippen LogP contribution in [0.4, 0.5) is 4.39 Å². The number of rotatable bonds is 6. The molecular weight excluding hydrogens is 189 g/mol. The summed E-state index contributed by atoms with van der Waals surface area (Å²) < 4.78 is 12.1. The molecule has 1 unspecified atom stereocenters. The van der Waals surface area contributed by atoms with Crippen LogP contribution in [0.5, 0.6) is 0 Å². The lowest BCUT2D eigenvalue weighted by molar-refractivity contribution is -0.142. The fraction of sp³-hybridized carbons (Fsp3) is 0.778. The summed E-state index contributed by atoms with van der Waals surface area (Å²) in [7, 11) is 0. The van der Waals surface area contributed by atoms with Crippen LogP contribution in [0.2, 0.25) is 0 Å². The number of aliphatic carboxylic acids is 1. The van der Waals surface area contributed by atoms with Crippen LogP contribution in [0.15, 0.2) is 0 Å². The van der Waals surface area contributed by atoms with E-state index in [-0.39, 0.29) is 6.42 Å². The summed E-state index contributed by atoms with van der Waals surface area (Å²) in [4.78, 5) is 21.4. The average molecular weight is 205 g/mol. The molecule has 0 aromatic heterocycles. The Labute approximate surface area is 82.5 Å². The molecule has 0 bridgehead atoms. The Morgan fingerprint density at radius 2 is 2.00 bits per heavy atom. The standard InChI is InChI=1S/C9H16FNO3/c1-6(2)3-4-8(12)11-7(5-10)9(13)14/h6-7H,3-5H2,1-2H3,(H,11,12)(H,13,14). The number of carbonyl (C=O) groups is 2. The second kappa shape index (κ2) is 6.34. The molecule has 82 valence electrons. The predicted molar refractivity (Wildman–Crippen MR) is 49.6 cm³/mol. The zero-order chi connectivity index (χ0) is 11.1. The Hall–Kier alpha value is -1.13. The Morgan fingerprint density at radius 3 is 2.36 bits per heavy atom. The lowest BCUT2D eigenvalue weighted by atomic mass is 10.1. The average Bonchev–Trinajstić information content (AvgIpc) is 2.10. The first-order valence-corrected chi connectivity index (χ1v) is 4.55. The van der Waals surface area contributed by atoms with Crippen molar-refractivity contribution in [1.82, 2.24) is 5.32 Å². The first-order chi connectivity index (χ1) is 6.47. The van der Waals surface area contributed by atoms with Gasteiger partial charge in [0.25, 0.3) is 0 Å². The van der Waals surface area contributed by atoms with Crippen LogP contribution in [0, 0.1) is 5.92 Å². The summed E-state index contributed by atoms with van der Waals surface area (Å²) in [6, 6.07) is -1.41. The van der Waals surface area contributed by atoms with E-state index in [4.69, 9.17) is 5.11 Å². The highest BCUT2D eigenvalue weighted by molar-refractivity contribution is 5.83. The molecular formula is C9H16FNO3. The van der Waals surface area contributed by atoms with Crippen LogP contribution < -0.4 is 5.32 Å². The third-order valence-corrected chi connectivity index (χ3v) is 1.74. The molecule has 0 radical (unpaired) electrons. The molecule has 0 aliphatic carbocycles. The maximum Gasteiger partial charge on any atom is 0.328 e. The Morgan fingerprint density at radius 1 is 1.43 bits per heavy atom. The van der Waals surface area contributed by atoms with Crippen LogP contribution >= 0.6 is 0 Å². The molecule has 0 aromatic rings. The van der Waals surface area contributed by atoms with Gasteiger partial charge < -0.3 is 10.4 Å². The first-order valence-electron chi connectivity index (χ1n) is 4.55. The van der Waals surface area contributed by atoms with Crippen LogP contribution in [-0.4, -0.2) is 29.7 Å². The summed E-state index contributed by atoms with van der Waals surface area (Å²) in [5, 5.41) is 10.6. The van der Waals surface area contributed by atoms with E-state index < -0.39 is 24.6 Å². The van der Waals surface area contributed by atoms with Gasteiger partial charge in [-0.2, -0.15) is 0 Å². The maximum absolute atomic E-state index is 12.1. The van der Waals surface area contributed by atoms with E-state index >= 15 is 0 Å². The molecule has 0 aromatic carbocycles. The van der Waals surface area contributed by atoms with E-state index in [1.165, 1.54) is 0 Å². The number of carboxylic acid groups (broad SMARTS) is 1. The summed E-state index contributed by atoms with van der Waals surface area (Å²) in [6.07, 6.45) is 0.909. The topological polar surface area (TPSA) is 66.4 Å². The van der Waals surface area contributed by atoms with Crippen molar-refractivity contribution in [2.45, 2.75) is 32.7 Å². The highest BCUT2D eigenvalue weighted by Crippen LogP contribution is 2.03. The number of amides is 1. The third kappa shape index (κ3) is 5.50. The molecule has 0 saturated carbocycles. The zero-order valence-corrected chi connectivity index (χ0v) is 8.42. The van der Waals surface area contributed by atoms with Crippen molar-refractivity contribution < 1.29 is 19.1 Å². The number of nitrogens with one attached hydrogen (secondary N) is 1. The van der Waals surface area contributed by atoms with Crippen molar-refractivity contribution in [1.29, 1.82) is 0 Å². The highest BCUT2D eigenvalue weighted by Gasteiger charge is 2.19. The van der Waals surface area contributed by atoms with Gasteiger partial charge >= 0.3 is 5.97 Å². The van der Waals surface area contributed by atoms with E-state index in [9.17, 15) is 14.0 Å². The lowest BCUT2D eigenvalue weighted by Gasteiger charge is -2.11. The molecule has 0 saturated heterocycles. The van der Waals surface area contributed by atoms with Crippen molar-refractivity contribution >= 4 is 11.9 Å². The SMILES string of the molecule is CC(C)CCC(=O)NC(CF)C(=O)O. The van der Waals surface area contributed by atoms with Gasteiger partial charge in [0.1, 0.15) is 6.67 Å². The monoisotopic (exact) mass is 205 g/mol. The van der Waals surface area contributed by atoms with Crippen molar-refractivity contribution in [3.05, 3.63) is 0 Å². The molecule has 0 aliphatic heterocycles. The van der Waals surface area contributed by atoms with Crippen molar-refractivity contribution in [2.75, 3.05) is 6.67 Å². The van der Waals surface area contributed by atoms with Gasteiger partial charge in [0.2, 0.25) is 5.91 Å². The van der Waals surface area contributed by atoms with Gasteiger partial charge in [0.15, 0.2) is 6.04 Å². The number of halogens is 1. The van der Waals surface area contributed by atoms with Crippen molar-refractivity contribution in [3.8, 4) is 0 Å². The lowest BCUT2D eigenvalue weighted by Crippen LogP contribution is -2.42.